The lowest BCUT2D eigenvalue weighted by molar-refractivity contribution is -0.116. The molecule has 42 heavy (non-hydrogen) atoms. The summed E-state index contributed by atoms with van der Waals surface area (Å²) in [6.07, 6.45) is 3.55. The molecule has 216 valence electrons. The molecule has 0 spiro atoms. The summed E-state index contributed by atoms with van der Waals surface area (Å²) in [4.78, 5) is 23.9. The van der Waals surface area contributed by atoms with E-state index in [-0.39, 0.29) is 12.5 Å². The van der Waals surface area contributed by atoms with Crippen molar-refractivity contribution in [2.75, 3.05) is 50.1 Å². The van der Waals surface area contributed by atoms with E-state index in [1.165, 1.54) is 6.20 Å². The summed E-state index contributed by atoms with van der Waals surface area (Å²) >= 11 is 6.54. The zero-order valence-electron chi connectivity index (χ0n) is 23.2. The highest BCUT2D eigenvalue weighted by atomic mass is 35.5. The maximum atomic E-state index is 12.9. The summed E-state index contributed by atoms with van der Waals surface area (Å²) in [7, 11) is 0. The number of pyridine rings is 2. The Kier molecular flexibility index (Phi) is 9.66. The second kappa shape index (κ2) is 14.0. The number of carbonyl (C=O) groups excluding carboxylic acids is 1. The highest BCUT2D eigenvalue weighted by Gasteiger charge is 2.17. The molecule has 10 nitrogen and oxygen atoms in total. The Hall–Kier alpha value is -4.43. The number of fused-ring (bicyclic) bond motifs is 1. The molecule has 3 heterocycles. The van der Waals surface area contributed by atoms with Gasteiger partial charge in [-0.25, -0.2) is 0 Å². The fourth-order valence-corrected chi connectivity index (χ4v) is 4.82. The third-order valence-electron chi connectivity index (χ3n) is 6.73. The highest BCUT2D eigenvalue weighted by molar-refractivity contribution is 6.32. The molecule has 11 heteroatoms. The first-order valence-corrected chi connectivity index (χ1v) is 14.1. The van der Waals surface area contributed by atoms with Crippen molar-refractivity contribution in [2.45, 2.75) is 20.0 Å². The molecule has 1 aliphatic rings. The van der Waals surface area contributed by atoms with Crippen LogP contribution in [0.15, 0.2) is 60.9 Å². The van der Waals surface area contributed by atoms with Gasteiger partial charge in [-0.1, -0.05) is 17.7 Å². The number of halogens is 1. The zero-order valence-corrected chi connectivity index (χ0v) is 24.0. The first-order valence-electron chi connectivity index (χ1n) is 13.7. The van der Waals surface area contributed by atoms with Gasteiger partial charge in [0.25, 0.3) is 0 Å². The lowest BCUT2D eigenvalue weighted by Crippen LogP contribution is -2.38. The molecule has 0 atom stereocenters. The molecule has 1 saturated heterocycles. The van der Waals surface area contributed by atoms with E-state index < -0.39 is 0 Å². The van der Waals surface area contributed by atoms with Gasteiger partial charge in [0, 0.05) is 55.6 Å². The van der Waals surface area contributed by atoms with Gasteiger partial charge in [-0.15, -0.1) is 0 Å². The second-order valence-corrected chi connectivity index (χ2v) is 10.00. The van der Waals surface area contributed by atoms with E-state index in [0.717, 1.165) is 18.8 Å². The number of morpholine rings is 1. The van der Waals surface area contributed by atoms with E-state index in [2.05, 4.69) is 31.6 Å². The minimum absolute atomic E-state index is 0.131. The highest BCUT2D eigenvalue weighted by Crippen LogP contribution is 2.37. The minimum atomic E-state index is -0.131. The van der Waals surface area contributed by atoms with Crippen LogP contribution in [0.25, 0.3) is 10.9 Å². The van der Waals surface area contributed by atoms with E-state index in [4.69, 9.17) is 25.8 Å². The van der Waals surface area contributed by atoms with Crippen molar-refractivity contribution in [1.29, 1.82) is 5.26 Å². The fraction of sp³-hybridized carbons (Fsp3) is 0.290. The summed E-state index contributed by atoms with van der Waals surface area (Å²) < 4.78 is 17.1. The van der Waals surface area contributed by atoms with Gasteiger partial charge < -0.3 is 24.8 Å². The van der Waals surface area contributed by atoms with E-state index in [9.17, 15) is 10.1 Å². The number of rotatable bonds is 11. The van der Waals surface area contributed by atoms with Gasteiger partial charge in [0.1, 0.15) is 24.2 Å². The van der Waals surface area contributed by atoms with Gasteiger partial charge in [-0.05, 0) is 43.3 Å². The molecule has 0 saturated carbocycles. The monoisotopic (exact) mass is 586 g/mol. The Morgan fingerprint density at radius 1 is 1.12 bits per heavy atom. The van der Waals surface area contributed by atoms with Crippen LogP contribution < -0.4 is 20.1 Å². The molecule has 1 fully saturated rings. The Morgan fingerprint density at radius 3 is 2.71 bits per heavy atom. The predicted molar refractivity (Wildman–Crippen MR) is 161 cm³/mol. The van der Waals surface area contributed by atoms with Gasteiger partial charge in [0.2, 0.25) is 5.91 Å². The van der Waals surface area contributed by atoms with Crippen molar-refractivity contribution in [1.82, 2.24) is 14.9 Å². The molecule has 0 radical (unpaired) electrons. The SMILES string of the molecule is CCOc1cc2ncc(C#N)c(Nc3ccc(OCc4ccccn4)c(Cl)c3)c2cc1NC(=O)CCN1CCOCC1. The number of anilines is 3. The summed E-state index contributed by atoms with van der Waals surface area (Å²) in [6.45, 7) is 6.19. The number of carbonyl (C=O) groups is 1. The third-order valence-corrected chi connectivity index (χ3v) is 7.02. The standard InChI is InChI=1S/C31H31ClN6O4/c1-2-41-29-17-26-24(16-27(29)37-30(39)8-10-38-11-13-40-14-12-38)31(21(18-33)19-35-26)36-22-6-7-28(25(32)15-22)42-20-23-5-3-4-9-34-23/h3-7,9,15-17,19H,2,8,10-14,20H2,1H3,(H,35,36)(H,37,39). The summed E-state index contributed by atoms with van der Waals surface area (Å²) in [5.74, 6) is 0.885. The molecule has 1 amide bonds. The Morgan fingerprint density at radius 2 is 1.98 bits per heavy atom. The minimum Gasteiger partial charge on any atom is -0.492 e. The van der Waals surface area contributed by atoms with E-state index in [1.54, 1.807) is 30.5 Å². The van der Waals surface area contributed by atoms with Crippen LogP contribution in [-0.4, -0.2) is 60.2 Å². The van der Waals surface area contributed by atoms with Crippen molar-refractivity contribution in [3.05, 3.63) is 77.2 Å². The molecule has 1 aliphatic heterocycles. The van der Waals surface area contributed by atoms with Crippen LogP contribution in [-0.2, 0) is 16.1 Å². The molecule has 5 rings (SSSR count). The Bertz CT molecular complexity index is 1590. The Balaban J connectivity index is 1.39. The van der Waals surface area contributed by atoms with E-state index in [0.29, 0.717) is 82.8 Å². The number of ether oxygens (including phenoxy) is 3. The lowest BCUT2D eigenvalue weighted by atomic mass is 10.1. The van der Waals surface area contributed by atoms with Crippen LogP contribution in [0.4, 0.5) is 17.1 Å². The number of nitrogens with one attached hydrogen (secondary N) is 2. The van der Waals surface area contributed by atoms with Crippen molar-refractivity contribution >= 4 is 45.5 Å². The first kappa shape index (κ1) is 29.1. The summed E-state index contributed by atoms with van der Waals surface area (Å²) in [5, 5.41) is 17.3. The molecule has 2 aromatic heterocycles. The fourth-order valence-electron chi connectivity index (χ4n) is 4.58. The van der Waals surface area contributed by atoms with E-state index >= 15 is 0 Å². The number of amides is 1. The quantitative estimate of drug-likeness (QED) is 0.233. The Labute approximate surface area is 249 Å². The van der Waals surface area contributed by atoms with E-state index in [1.807, 2.05) is 31.2 Å². The molecule has 0 bridgehead atoms. The summed E-state index contributed by atoms with van der Waals surface area (Å²) in [6, 6.07) is 16.7. The van der Waals surface area contributed by atoms with Crippen molar-refractivity contribution in [2.24, 2.45) is 0 Å². The average molecular weight is 587 g/mol. The number of nitrogens with zero attached hydrogens (tertiary/aromatic N) is 4. The second-order valence-electron chi connectivity index (χ2n) is 9.59. The third kappa shape index (κ3) is 7.25. The van der Waals surface area contributed by atoms with Crippen LogP contribution in [0.1, 0.15) is 24.6 Å². The molecular weight excluding hydrogens is 556 g/mol. The normalized spacial score (nSPS) is 13.4. The number of nitriles is 1. The van der Waals surface area contributed by atoms with Gasteiger partial charge in [-0.2, -0.15) is 5.26 Å². The zero-order chi connectivity index (χ0) is 29.3. The maximum Gasteiger partial charge on any atom is 0.225 e. The molecular formula is C31H31ClN6O4. The van der Waals surface area contributed by atoms with Gasteiger partial charge in [-0.3, -0.25) is 19.7 Å². The predicted octanol–water partition coefficient (Wildman–Crippen LogP) is 5.54. The molecule has 2 aromatic carbocycles. The molecule has 0 aliphatic carbocycles. The largest absolute Gasteiger partial charge is 0.492 e. The van der Waals surface area contributed by atoms with Gasteiger partial charge >= 0.3 is 0 Å². The average Bonchev–Trinajstić information content (AvgIpc) is 3.01. The van der Waals surface area contributed by atoms with Crippen LogP contribution in [0.2, 0.25) is 5.02 Å². The number of aromatic nitrogens is 2. The van der Waals surface area contributed by atoms with Crippen molar-refractivity contribution < 1.29 is 19.0 Å². The van der Waals surface area contributed by atoms with Crippen LogP contribution in [0, 0.1) is 11.3 Å². The first-order chi connectivity index (χ1) is 20.5. The van der Waals surface area contributed by atoms with Crippen molar-refractivity contribution in [3.8, 4) is 17.6 Å². The van der Waals surface area contributed by atoms with Gasteiger partial charge in [0.15, 0.2) is 0 Å². The maximum absolute atomic E-state index is 12.9. The van der Waals surface area contributed by atoms with Crippen molar-refractivity contribution in [3.63, 3.8) is 0 Å². The number of hydrogen-bond acceptors (Lipinski definition) is 9. The summed E-state index contributed by atoms with van der Waals surface area (Å²) in [5.41, 5.74) is 3.42. The number of hydrogen-bond donors (Lipinski definition) is 2. The number of benzene rings is 2. The molecule has 0 unspecified atom stereocenters. The van der Waals surface area contributed by atoms with Crippen LogP contribution >= 0.6 is 11.6 Å². The van der Waals surface area contributed by atoms with Crippen LogP contribution in [0.5, 0.6) is 11.5 Å². The topological polar surface area (TPSA) is 122 Å². The molecule has 4 aromatic rings. The molecule has 2 N–H and O–H groups in total. The lowest BCUT2D eigenvalue weighted by Gasteiger charge is -2.26. The van der Waals surface area contributed by atoms with Gasteiger partial charge in [0.05, 0.1) is 53.0 Å². The smallest absolute Gasteiger partial charge is 0.225 e. The van der Waals surface area contributed by atoms with Crippen LogP contribution in [0.3, 0.4) is 0 Å².